The minimum atomic E-state index is 0.918. The molecule has 3 rings (SSSR count). The fraction of sp³-hybridized carbons (Fsp3) is 1.00. The zero-order valence-corrected chi connectivity index (χ0v) is 14.1. The van der Waals surface area contributed by atoms with Gasteiger partial charge in [-0.2, -0.15) is 0 Å². The first-order valence-corrected chi connectivity index (χ1v) is 9.91. The van der Waals surface area contributed by atoms with Crippen molar-refractivity contribution in [3.8, 4) is 0 Å². The number of nitrogens with zero attached hydrogens (tertiary/aromatic N) is 2. The Kier molecular flexibility index (Phi) is 6.42. The van der Waals surface area contributed by atoms with Crippen LogP contribution >= 0.6 is 0 Å². The minimum Gasteiger partial charge on any atom is -0.299 e. The number of hydrogen-bond acceptors (Lipinski definition) is 2. The number of rotatable bonds is 2. The molecule has 0 aromatic heterocycles. The molecular formula is C19H36N2. The lowest BCUT2D eigenvalue weighted by atomic mass is 10.1. The van der Waals surface area contributed by atoms with Gasteiger partial charge in [0.2, 0.25) is 0 Å². The average Bonchev–Trinajstić information content (AvgIpc) is 3.01. The maximum absolute atomic E-state index is 2.86. The Morgan fingerprint density at radius 2 is 0.762 bits per heavy atom. The highest BCUT2D eigenvalue weighted by atomic mass is 15.2. The van der Waals surface area contributed by atoms with Gasteiger partial charge >= 0.3 is 0 Å². The molecule has 0 spiro atoms. The van der Waals surface area contributed by atoms with Gasteiger partial charge in [0.1, 0.15) is 0 Å². The molecule has 0 N–H and O–H groups in total. The second-order valence-electron chi connectivity index (χ2n) is 7.72. The number of hydrogen-bond donors (Lipinski definition) is 0. The zero-order valence-electron chi connectivity index (χ0n) is 14.1. The maximum atomic E-state index is 2.86. The summed E-state index contributed by atoms with van der Waals surface area (Å²) in [4.78, 5) is 5.73. The first kappa shape index (κ1) is 15.8. The topological polar surface area (TPSA) is 6.48 Å². The normalized spacial score (nSPS) is 29.7. The standard InChI is InChI=1S/C19H36N2/c1-2-6-11-18(10-5-1)20-14-9-15-21(17-16-20)19-12-7-3-4-8-13-19/h18-19H,1-17H2. The molecule has 2 heteroatoms. The van der Waals surface area contributed by atoms with E-state index in [1.165, 1.54) is 110 Å². The Bertz CT molecular complexity index is 247. The Morgan fingerprint density at radius 3 is 1.14 bits per heavy atom. The molecule has 0 aromatic carbocycles. The molecular weight excluding hydrogens is 256 g/mol. The Balaban J connectivity index is 1.50. The summed E-state index contributed by atoms with van der Waals surface area (Å²) in [7, 11) is 0. The van der Waals surface area contributed by atoms with Crippen LogP contribution in [0.1, 0.15) is 83.5 Å². The lowest BCUT2D eigenvalue weighted by Crippen LogP contribution is -2.40. The highest BCUT2D eigenvalue weighted by Gasteiger charge is 2.26. The lowest BCUT2D eigenvalue weighted by Gasteiger charge is -2.32. The van der Waals surface area contributed by atoms with Gasteiger partial charge in [-0.3, -0.25) is 9.80 Å². The van der Waals surface area contributed by atoms with Gasteiger partial charge in [0.05, 0.1) is 0 Å². The highest BCUT2D eigenvalue weighted by molar-refractivity contribution is 4.82. The summed E-state index contributed by atoms with van der Waals surface area (Å²) >= 11 is 0. The fourth-order valence-electron chi connectivity index (χ4n) is 4.93. The van der Waals surface area contributed by atoms with Crippen LogP contribution in [0.4, 0.5) is 0 Å². The maximum Gasteiger partial charge on any atom is 0.0112 e. The van der Waals surface area contributed by atoms with E-state index in [1.54, 1.807) is 0 Å². The van der Waals surface area contributed by atoms with Crippen molar-refractivity contribution in [2.75, 3.05) is 26.2 Å². The van der Waals surface area contributed by atoms with E-state index in [4.69, 9.17) is 0 Å². The molecule has 0 aromatic rings. The molecule has 1 aliphatic heterocycles. The van der Waals surface area contributed by atoms with Crippen molar-refractivity contribution in [3.05, 3.63) is 0 Å². The molecule has 1 heterocycles. The molecule has 3 fully saturated rings. The van der Waals surface area contributed by atoms with E-state index in [0.29, 0.717) is 0 Å². The van der Waals surface area contributed by atoms with Crippen LogP contribution in [-0.4, -0.2) is 48.1 Å². The predicted molar refractivity (Wildman–Crippen MR) is 90.7 cm³/mol. The first-order valence-electron chi connectivity index (χ1n) is 9.91. The van der Waals surface area contributed by atoms with Crippen LogP contribution in [0, 0.1) is 0 Å². The van der Waals surface area contributed by atoms with Gasteiger partial charge in [0, 0.05) is 25.2 Å². The summed E-state index contributed by atoms with van der Waals surface area (Å²) in [6, 6.07) is 1.84. The smallest absolute Gasteiger partial charge is 0.0112 e. The third kappa shape index (κ3) is 4.69. The second-order valence-corrected chi connectivity index (χ2v) is 7.72. The quantitative estimate of drug-likeness (QED) is 0.694. The molecule has 0 bridgehead atoms. The van der Waals surface area contributed by atoms with E-state index in [1.807, 2.05) is 0 Å². The van der Waals surface area contributed by atoms with E-state index < -0.39 is 0 Å². The van der Waals surface area contributed by atoms with E-state index in [2.05, 4.69) is 9.80 Å². The molecule has 2 saturated carbocycles. The monoisotopic (exact) mass is 292 g/mol. The van der Waals surface area contributed by atoms with Crippen molar-refractivity contribution in [1.29, 1.82) is 0 Å². The van der Waals surface area contributed by atoms with Crippen molar-refractivity contribution in [2.45, 2.75) is 95.6 Å². The van der Waals surface area contributed by atoms with Crippen molar-refractivity contribution in [2.24, 2.45) is 0 Å². The minimum absolute atomic E-state index is 0.918. The van der Waals surface area contributed by atoms with Crippen molar-refractivity contribution < 1.29 is 0 Å². The zero-order chi connectivity index (χ0) is 14.3. The van der Waals surface area contributed by atoms with E-state index in [9.17, 15) is 0 Å². The van der Waals surface area contributed by atoms with Crippen LogP contribution < -0.4 is 0 Å². The van der Waals surface area contributed by atoms with Crippen LogP contribution in [0.15, 0.2) is 0 Å². The highest BCUT2D eigenvalue weighted by Crippen LogP contribution is 2.26. The molecule has 3 aliphatic rings. The molecule has 2 nitrogen and oxygen atoms in total. The van der Waals surface area contributed by atoms with Crippen LogP contribution in [-0.2, 0) is 0 Å². The molecule has 1 saturated heterocycles. The van der Waals surface area contributed by atoms with Gasteiger partial charge in [-0.1, -0.05) is 51.4 Å². The Labute approximate surface area is 132 Å². The molecule has 0 radical (unpaired) electrons. The van der Waals surface area contributed by atoms with E-state index >= 15 is 0 Å². The third-order valence-electron chi connectivity index (χ3n) is 6.25. The van der Waals surface area contributed by atoms with E-state index in [0.717, 1.165) is 12.1 Å². The van der Waals surface area contributed by atoms with Gasteiger partial charge in [-0.25, -0.2) is 0 Å². The molecule has 0 amide bonds. The summed E-state index contributed by atoms with van der Waals surface area (Å²) in [6.07, 6.45) is 19.2. The molecule has 0 atom stereocenters. The molecule has 122 valence electrons. The van der Waals surface area contributed by atoms with Crippen LogP contribution in [0.5, 0.6) is 0 Å². The van der Waals surface area contributed by atoms with Crippen LogP contribution in [0.2, 0.25) is 0 Å². The van der Waals surface area contributed by atoms with Gasteiger partial charge in [-0.05, 0) is 45.2 Å². The third-order valence-corrected chi connectivity index (χ3v) is 6.25. The van der Waals surface area contributed by atoms with Crippen molar-refractivity contribution in [1.82, 2.24) is 9.80 Å². The predicted octanol–water partition coefficient (Wildman–Crippen LogP) is 4.44. The Hall–Kier alpha value is -0.0800. The summed E-state index contributed by atoms with van der Waals surface area (Å²) in [5.74, 6) is 0. The first-order chi connectivity index (χ1) is 10.4. The molecule has 2 aliphatic carbocycles. The SMILES string of the molecule is C1CCCC(N2CCCN(C3CCCCCC3)CC2)CC1. The fourth-order valence-corrected chi connectivity index (χ4v) is 4.93. The van der Waals surface area contributed by atoms with Crippen LogP contribution in [0.3, 0.4) is 0 Å². The van der Waals surface area contributed by atoms with E-state index in [-0.39, 0.29) is 0 Å². The summed E-state index contributed by atoms with van der Waals surface area (Å²) in [6.45, 7) is 5.43. The molecule has 21 heavy (non-hydrogen) atoms. The Morgan fingerprint density at radius 1 is 0.381 bits per heavy atom. The summed E-state index contributed by atoms with van der Waals surface area (Å²) in [5.41, 5.74) is 0. The van der Waals surface area contributed by atoms with Gasteiger partial charge in [0.25, 0.3) is 0 Å². The summed E-state index contributed by atoms with van der Waals surface area (Å²) < 4.78 is 0. The molecule has 0 unspecified atom stereocenters. The second kappa shape index (κ2) is 8.53. The lowest BCUT2D eigenvalue weighted by molar-refractivity contribution is 0.159. The van der Waals surface area contributed by atoms with Gasteiger partial charge in [0.15, 0.2) is 0 Å². The largest absolute Gasteiger partial charge is 0.299 e. The van der Waals surface area contributed by atoms with Gasteiger partial charge in [-0.15, -0.1) is 0 Å². The van der Waals surface area contributed by atoms with Crippen molar-refractivity contribution >= 4 is 0 Å². The van der Waals surface area contributed by atoms with Gasteiger partial charge < -0.3 is 0 Å². The average molecular weight is 293 g/mol. The summed E-state index contributed by atoms with van der Waals surface area (Å²) in [5, 5.41) is 0. The van der Waals surface area contributed by atoms with Crippen molar-refractivity contribution in [3.63, 3.8) is 0 Å². The van der Waals surface area contributed by atoms with Crippen LogP contribution in [0.25, 0.3) is 0 Å².